The van der Waals surface area contributed by atoms with Gasteiger partial charge in [-0.1, -0.05) is 6.08 Å². The Morgan fingerprint density at radius 2 is 2.07 bits per heavy atom. The third kappa shape index (κ3) is 3.94. The third-order valence-electron chi connectivity index (χ3n) is 5.13. The van der Waals surface area contributed by atoms with Gasteiger partial charge in [0.25, 0.3) is 0 Å². The summed E-state index contributed by atoms with van der Waals surface area (Å²) in [6.07, 6.45) is 7.07. The molecule has 0 saturated carbocycles. The number of aromatic nitrogens is 2. The quantitative estimate of drug-likeness (QED) is 0.452. The Hall–Kier alpha value is -1.92. The maximum atomic E-state index is 5.71. The van der Waals surface area contributed by atoms with E-state index in [1.807, 2.05) is 13.0 Å². The van der Waals surface area contributed by atoms with Gasteiger partial charge in [0.05, 0.1) is 18.7 Å². The van der Waals surface area contributed by atoms with E-state index in [0.717, 1.165) is 51.2 Å². The van der Waals surface area contributed by atoms with Gasteiger partial charge in [-0.3, -0.25) is 0 Å². The van der Waals surface area contributed by atoms with Crippen LogP contribution in [0.25, 0.3) is 16.5 Å². The summed E-state index contributed by atoms with van der Waals surface area (Å²) in [6.45, 7) is 4.09. The SMILES string of the molecule is COc1cc2nc(C)nc(NC(C)c3cc(Br)cs3)c2cc1C1=CCCCC1. The molecule has 2 aromatic heterocycles. The van der Waals surface area contributed by atoms with Crippen molar-refractivity contribution in [2.45, 2.75) is 45.6 Å². The van der Waals surface area contributed by atoms with Gasteiger partial charge in [0, 0.05) is 31.7 Å². The Morgan fingerprint density at radius 1 is 1.21 bits per heavy atom. The summed E-state index contributed by atoms with van der Waals surface area (Å²) in [4.78, 5) is 10.6. The van der Waals surface area contributed by atoms with Crippen LogP contribution in [0.4, 0.5) is 5.82 Å². The van der Waals surface area contributed by atoms with Gasteiger partial charge in [0.15, 0.2) is 0 Å². The minimum atomic E-state index is 0.160. The second-order valence-electron chi connectivity index (χ2n) is 7.20. The Kier molecular flexibility index (Phi) is 5.69. The number of fused-ring (bicyclic) bond motifs is 1. The molecule has 0 amide bonds. The number of benzene rings is 1. The lowest BCUT2D eigenvalue weighted by Gasteiger charge is -2.19. The highest BCUT2D eigenvalue weighted by atomic mass is 79.9. The fourth-order valence-corrected chi connectivity index (χ4v) is 5.17. The molecular weight excluding hydrogens is 434 g/mol. The first-order valence-corrected chi connectivity index (χ1v) is 11.3. The fraction of sp³-hybridized carbons (Fsp3) is 0.364. The molecule has 0 spiro atoms. The number of halogens is 1. The Labute approximate surface area is 178 Å². The standard InChI is InChI=1S/C22H24BrN3OS/c1-13(21-9-16(23)12-28-21)24-22-18-10-17(15-7-5-4-6-8-15)20(27-3)11-19(18)25-14(2)26-22/h7,9-13H,4-6,8H2,1-3H3,(H,24,25,26). The number of hydrogen-bond donors (Lipinski definition) is 1. The van der Waals surface area contributed by atoms with Crippen LogP contribution in [0.5, 0.6) is 5.75 Å². The Balaban J connectivity index is 1.80. The molecule has 0 radical (unpaired) electrons. The van der Waals surface area contributed by atoms with E-state index in [1.54, 1.807) is 18.4 Å². The molecule has 1 aliphatic carbocycles. The van der Waals surface area contributed by atoms with Crippen LogP contribution in [0.2, 0.25) is 0 Å². The Morgan fingerprint density at radius 3 is 2.75 bits per heavy atom. The topological polar surface area (TPSA) is 47.0 Å². The first-order valence-electron chi connectivity index (χ1n) is 9.61. The van der Waals surface area contributed by atoms with Gasteiger partial charge in [-0.2, -0.15) is 0 Å². The van der Waals surface area contributed by atoms with E-state index >= 15 is 0 Å². The average Bonchev–Trinajstić information content (AvgIpc) is 3.14. The summed E-state index contributed by atoms with van der Waals surface area (Å²) in [5, 5.41) is 6.75. The van der Waals surface area contributed by atoms with Gasteiger partial charge in [0.1, 0.15) is 17.4 Å². The molecule has 6 heteroatoms. The fourth-order valence-electron chi connectivity index (χ4n) is 3.72. The monoisotopic (exact) mass is 457 g/mol. The molecule has 2 heterocycles. The summed E-state index contributed by atoms with van der Waals surface area (Å²) in [6, 6.07) is 6.56. The maximum Gasteiger partial charge on any atom is 0.138 e. The van der Waals surface area contributed by atoms with E-state index in [-0.39, 0.29) is 6.04 Å². The van der Waals surface area contributed by atoms with Crippen LogP contribution < -0.4 is 10.1 Å². The summed E-state index contributed by atoms with van der Waals surface area (Å²) in [7, 11) is 1.73. The summed E-state index contributed by atoms with van der Waals surface area (Å²) < 4.78 is 6.83. The van der Waals surface area contributed by atoms with Crippen molar-refractivity contribution in [3.05, 3.63) is 50.4 Å². The average molecular weight is 458 g/mol. The first-order chi connectivity index (χ1) is 13.5. The van der Waals surface area contributed by atoms with Crippen molar-refractivity contribution in [1.29, 1.82) is 0 Å². The molecule has 4 nitrogen and oxygen atoms in total. The lowest BCUT2D eigenvalue weighted by atomic mass is 9.92. The molecule has 4 rings (SSSR count). The predicted molar refractivity (Wildman–Crippen MR) is 121 cm³/mol. The van der Waals surface area contributed by atoms with Crippen molar-refractivity contribution < 1.29 is 4.74 Å². The van der Waals surface area contributed by atoms with Crippen LogP contribution in [0.15, 0.2) is 34.1 Å². The molecule has 0 saturated heterocycles. The Bertz CT molecular complexity index is 1040. The van der Waals surface area contributed by atoms with Crippen molar-refractivity contribution in [3.8, 4) is 5.75 Å². The van der Waals surface area contributed by atoms with Crippen LogP contribution in [-0.4, -0.2) is 17.1 Å². The van der Waals surface area contributed by atoms with E-state index in [0.29, 0.717) is 0 Å². The first kappa shape index (κ1) is 19.4. The van der Waals surface area contributed by atoms with Gasteiger partial charge in [0.2, 0.25) is 0 Å². The minimum absolute atomic E-state index is 0.160. The molecule has 0 aliphatic heterocycles. The number of ether oxygens (including phenoxy) is 1. The van der Waals surface area contributed by atoms with Crippen LogP contribution >= 0.6 is 27.3 Å². The molecule has 1 aromatic carbocycles. The number of allylic oxidation sites excluding steroid dienone is 2. The van der Waals surface area contributed by atoms with Crippen LogP contribution in [-0.2, 0) is 0 Å². The number of thiophene rings is 1. The van der Waals surface area contributed by atoms with Crippen LogP contribution in [0, 0.1) is 6.92 Å². The zero-order valence-corrected chi connectivity index (χ0v) is 18.8. The molecule has 28 heavy (non-hydrogen) atoms. The highest BCUT2D eigenvalue weighted by Crippen LogP contribution is 2.38. The smallest absolute Gasteiger partial charge is 0.138 e. The number of methoxy groups -OCH3 is 1. The summed E-state index contributed by atoms with van der Waals surface area (Å²) >= 11 is 5.28. The van der Waals surface area contributed by atoms with Crippen molar-refractivity contribution in [2.24, 2.45) is 0 Å². The largest absolute Gasteiger partial charge is 0.496 e. The maximum absolute atomic E-state index is 5.71. The van der Waals surface area contributed by atoms with E-state index in [2.05, 4.69) is 56.7 Å². The van der Waals surface area contributed by atoms with Gasteiger partial charge >= 0.3 is 0 Å². The lowest BCUT2D eigenvalue weighted by Crippen LogP contribution is -2.09. The third-order valence-corrected chi connectivity index (χ3v) is 7.01. The van der Waals surface area contributed by atoms with E-state index in [9.17, 15) is 0 Å². The second-order valence-corrected chi connectivity index (χ2v) is 9.06. The van der Waals surface area contributed by atoms with E-state index in [1.165, 1.54) is 23.3 Å². The number of nitrogens with zero attached hydrogens (tertiary/aromatic N) is 2. The van der Waals surface area contributed by atoms with Crippen molar-refractivity contribution >= 4 is 49.6 Å². The molecule has 146 valence electrons. The molecule has 1 N–H and O–H groups in total. The highest BCUT2D eigenvalue weighted by Gasteiger charge is 2.17. The number of nitrogens with one attached hydrogen (secondary N) is 1. The van der Waals surface area contributed by atoms with Gasteiger partial charge < -0.3 is 10.1 Å². The molecule has 1 atom stereocenters. The molecule has 0 bridgehead atoms. The van der Waals surface area contributed by atoms with E-state index < -0.39 is 0 Å². The minimum Gasteiger partial charge on any atom is -0.496 e. The predicted octanol–water partition coefficient (Wildman–Crippen LogP) is 6.90. The molecule has 1 aliphatic rings. The van der Waals surface area contributed by atoms with Crippen molar-refractivity contribution in [1.82, 2.24) is 9.97 Å². The summed E-state index contributed by atoms with van der Waals surface area (Å²) in [5.41, 5.74) is 3.44. The number of anilines is 1. The van der Waals surface area contributed by atoms with E-state index in [4.69, 9.17) is 9.72 Å². The molecule has 0 fully saturated rings. The zero-order chi connectivity index (χ0) is 19.7. The normalized spacial score (nSPS) is 15.4. The van der Waals surface area contributed by atoms with Crippen molar-refractivity contribution in [3.63, 3.8) is 0 Å². The van der Waals surface area contributed by atoms with Gasteiger partial charge in [-0.05, 0) is 73.2 Å². The molecule has 3 aromatic rings. The zero-order valence-electron chi connectivity index (χ0n) is 16.4. The lowest BCUT2D eigenvalue weighted by molar-refractivity contribution is 0.413. The van der Waals surface area contributed by atoms with Gasteiger partial charge in [-0.25, -0.2) is 9.97 Å². The highest BCUT2D eigenvalue weighted by molar-refractivity contribution is 9.10. The molecule has 1 unspecified atom stereocenters. The van der Waals surface area contributed by atoms with Crippen molar-refractivity contribution in [2.75, 3.05) is 12.4 Å². The number of hydrogen-bond acceptors (Lipinski definition) is 5. The number of rotatable bonds is 5. The van der Waals surface area contributed by atoms with Crippen LogP contribution in [0.1, 0.15) is 54.9 Å². The summed E-state index contributed by atoms with van der Waals surface area (Å²) in [5.74, 6) is 2.51. The van der Waals surface area contributed by atoms with Crippen LogP contribution in [0.3, 0.4) is 0 Å². The van der Waals surface area contributed by atoms with Gasteiger partial charge in [-0.15, -0.1) is 11.3 Å². The number of aryl methyl sites for hydroxylation is 1. The molecular formula is C22H24BrN3OS. The second kappa shape index (κ2) is 8.21.